The van der Waals surface area contributed by atoms with E-state index in [2.05, 4.69) is 20.8 Å². The van der Waals surface area contributed by atoms with Crippen molar-refractivity contribution in [3.8, 4) is 11.3 Å². The molecule has 2 N–H and O–H groups in total. The number of nitrogens with zero attached hydrogens (tertiary/aromatic N) is 2. The maximum absolute atomic E-state index is 13.2. The Balaban J connectivity index is 1.45. The zero-order chi connectivity index (χ0) is 21.1. The smallest absolute Gasteiger partial charge is 0.243 e. The topological polar surface area (TPSA) is 97.1 Å². The molecule has 1 aliphatic heterocycles. The van der Waals surface area contributed by atoms with Gasteiger partial charge in [0.1, 0.15) is 17.5 Å². The molecule has 1 atom stereocenters. The van der Waals surface area contributed by atoms with Crippen LogP contribution >= 0.6 is 11.6 Å². The first-order valence-electron chi connectivity index (χ1n) is 9.42. The van der Waals surface area contributed by atoms with Crippen molar-refractivity contribution >= 4 is 23.3 Å². The Morgan fingerprint density at radius 2 is 2.03 bits per heavy atom. The van der Waals surface area contributed by atoms with E-state index in [1.165, 1.54) is 0 Å². The molecule has 0 spiro atoms. The summed E-state index contributed by atoms with van der Waals surface area (Å²) in [4.78, 5) is 29.8. The third-order valence-electron chi connectivity index (χ3n) is 4.87. The third kappa shape index (κ3) is 4.11. The highest BCUT2D eigenvalue weighted by Crippen LogP contribution is 2.30. The fraction of sp³-hybridized carbons (Fsp3) is 0.182. The highest BCUT2D eigenvalue weighted by atomic mass is 35.5. The van der Waals surface area contributed by atoms with E-state index in [-0.39, 0.29) is 18.1 Å². The van der Waals surface area contributed by atoms with Crippen LogP contribution in [-0.2, 0) is 11.3 Å². The number of carbonyl (C=O) groups is 2. The fourth-order valence-corrected chi connectivity index (χ4v) is 3.40. The summed E-state index contributed by atoms with van der Waals surface area (Å²) >= 11 is 5.95. The van der Waals surface area contributed by atoms with Gasteiger partial charge >= 0.3 is 0 Å². The van der Waals surface area contributed by atoms with E-state index in [0.29, 0.717) is 34.2 Å². The van der Waals surface area contributed by atoms with Gasteiger partial charge in [0.05, 0.1) is 17.8 Å². The summed E-state index contributed by atoms with van der Waals surface area (Å²) in [5, 5.41) is 10.5. The second kappa shape index (κ2) is 8.51. The van der Waals surface area contributed by atoms with Crippen LogP contribution in [0.25, 0.3) is 11.3 Å². The van der Waals surface area contributed by atoms with Crippen LogP contribution in [0.3, 0.4) is 0 Å². The number of hydrogen-bond donors (Lipinski definition) is 2. The summed E-state index contributed by atoms with van der Waals surface area (Å²) in [7, 11) is 0. The van der Waals surface area contributed by atoms with E-state index in [4.69, 9.17) is 16.1 Å². The fourth-order valence-electron chi connectivity index (χ4n) is 3.27. The Labute approximate surface area is 178 Å². The SMILES string of the molecule is Cc1onc(-c2ccc(Cl)cc2)c1C(=O)C1=CNC(C(=O)NCc2ccccn2)C1. The normalized spacial score (nSPS) is 15.4. The molecule has 1 aromatic carbocycles. The van der Waals surface area contributed by atoms with Crippen LogP contribution in [0.5, 0.6) is 0 Å². The van der Waals surface area contributed by atoms with E-state index in [0.717, 1.165) is 11.3 Å². The van der Waals surface area contributed by atoms with Gasteiger partial charge in [0.15, 0.2) is 5.78 Å². The van der Waals surface area contributed by atoms with Crippen LogP contribution in [0.4, 0.5) is 0 Å². The minimum absolute atomic E-state index is 0.195. The van der Waals surface area contributed by atoms with Crippen LogP contribution in [0.15, 0.2) is 65.0 Å². The lowest BCUT2D eigenvalue weighted by atomic mass is 9.96. The number of benzene rings is 1. The third-order valence-corrected chi connectivity index (χ3v) is 5.12. The van der Waals surface area contributed by atoms with Gasteiger partial charge in [-0.1, -0.05) is 35.0 Å². The first-order chi connectivity index (χ1) is 14.5. The Kier molecular flexibility index (Phi) is 5.63. The molecule has 0 bridgehead atoms. The van der Waals surface area contributed by atoms with Crippen molar-refractivity contribution in [2.24, 2.45) is 0 Å². The first-order valence-corrected chi connectivity index (χ1v) is 9.80. The van der Waals surface area contributed by atoms with E-state index in [9.17, 15) is 9.59 Å². The van der Waals surface area contributed by atoms with Crippen molar-refractivity contribution in [1.29, 1.82) is 0 Å². The largest absolute Gasteiger partial charge is 0.379 e. The van der Waals surface area contributed by atoms with Crippen molar-refractivity contribution in [3.05, 3.63) is 82.5 Å². The molecule has 1 unspecified atom stereocenters. The number of aromatic nitrogens is 2. The first kappa shape index (κ1) is 19.8. The van der Waals surface area contributed by atoms with Crippen LogP contribution in [0.2, 0.25) is 5.02 Å². The molecular weight excluding hydrogens is 404 g/mol. The molecule has 3 aromatic rings. The maximum atomic E-state index is 13.2. The van der Waals surface area contributed by atoms with E-state index >= 15 is 0 Å². The second-order valence-corrected chi connectivity index (χ2v) is 7.37. The van der Waals surface area contributed by atoms with Gasteiger partial charge in [-0.2, -0.15) is 0 Å². The van der Waals surface area contributed by atoms with Gasteiger partial charge in [-0.15, -0.1) is 0 Å². The molecule has 3 heterocycles. The summed E-state index contributed by atoms with van der Waals surface area (Å²) in [6.45, 7) is 2.02. The minimum atomic E-state index is -0.521. The molecule has 8 heteroatoms. The number of pyridine rings is 1. The lowest BCUT2D eigenvalue weighted by Gasteiger charge is -2.11. The standard InChI is InChI=1S/C22H19ClN4O3/c1-13-19(20(27-30-13)14-5-7-16(23)8-6-14)21(28)15-10-18(25-11-15)22(29)26-12-17-4-2-3-9-24-17/h2-9,11,18,25H,10,12H2,1H3,(H,26,29). The van der Waals surface area contributed by atoms with Gasteiger partial charge in [-0.25, -0.2) is 0 Å². The molecule has 152 valence electrons. The monoisotopic (exact) mass is 422 g/mol. The summed E-state index contributed by atoms with van der Waals surface area (Å²) in [6.07, 6.45) is 3.54. The number of hydrogen-bond acceptors (Lipinski definition) is 6. The number of halogens is 1. The number of amides is 1. The second-order valence-electron chi connectivity index (χ2n) is 6.93. The number of aryl methyl sites for hydroxylation is 1. The summed E-state index contributed by atoms with van der Waals surface area (Å²) in [5.74, 6) is 0.0137. The Morgan fingerprint density at radius 3 is 2.77 bits per heavy atom. The zero-order valence-electron chi connectivity index (χ0n) is 16.2. The summed E-state index contributed by atoms with van der Waals surface area (Å²) in [5.41, 5.74) is 2.84. The Hall–Kier alpha value is -3.45. The molecule has 0 saturated carbocycles. The Bertz CT molecular complexity index is 1110. The molecule has 2 aromatic heterocycles. The van der Waals surface area contributed by atoms with Crippen LogP contribution in [0.1, 0.15) is 28.2 Å². The maximum Gasteiger partial charge on any atom is 0.243 e. The van der Waals surface area contributed by atoms with Crippen LogP contribution in [0, 0.1) is 6.92 Å². The average molecular weight is 423 g/mol. The number of ketones is 1. The zero-order valence-corrected chi connectivity index (χ0v) is 16.9. The van der Waals surface area contributed by atoms with Gasteiger partial charge in [-0.05, 0) is 31.2 Å². The molecule has 1 amide bonds. The molecule has 0 fully saturated rings. The van der Waals surface area contributed by atoms with E-state index in [1.54, 1.807) is 43.6 Å². The van der Waals surface area contributed by atoms with E-state index in [1.807, 2.05) is 18.2 Å². The number of carbonyl (C=O) groups excluding carboxylic acids is 2. The van der Waals surface area contributed by atoms with Gasteiger partial charge in [0.2, 0.25) is 5.91 Å². The molecule has 4 rings (SSSR count). The molecule has 0 saturated heterocycles. The molecule has 1 aliphatic rings. The highest BCUT2D eigenvalue weighted by Gasteiger charge is 2.31. The lowest BCUT2D eigenvalue weighted by molar-refractivity contribution is -0.122. The van der Waals surface area contributed by atoms with Crippen molar-refractivity contribution in [2.75, 3.05) is 0 Å². The molecule has 0 aliphatic carbocycles. The van der Waals surface area contributed by atoms with Crippen molar-refractivity contribution in [3.63, 3.8) is 0 Å². The Morgan fingerprint density at radius 1 is 1.23 bits per heavy atom. The van der Waals surface area contributed by atoms with E-state index < -0.39 is 6.04 Å². The van der Waals surface area contributed by atoms with Crippen molar-refractivity contribution in [2.45, 2.75) is 25.9 Å². The van der Waals surface area contributed by atoms with Crippen LogP contribution < -0.4 is 10.6 Å². The molecular formula is C22H19ClN4O3. The summed E-state index contributed by atoms with van der Waals surface area (Å²) in [6, 6.07) is 12.0. The van der Waals surface area contributed by atoms with Crippen molar-refractivity contribution in [1.82, 2.24) is 20.8 Å². The molecule has 0 radical (unpaired) electrons. The van der Waals surface area contributed by atoms with Gasteiger partial charge in [0.25, 0.3) is 0 Å². The molecule has 30 heavy (non-hydrogen) atoms. The lowest BCUT2D eigenvalue weighted by Crippen LogP contribution is -2.39. The van der Waals surface area contributed by atoms with Crippen LogP contribution in [-0.4, -0.2) is 27.9 Å². The van der Waals surface area contributed by atoms with Gasteiger partial charge in [-0.3, -0.25) is 14.6 Å². The van der Waals surface area contributed by atoms with Crippen molar-refractivity contribution < 1.29 is 14.1 Å². The average Bonchev–Trinajstić information content (AvgIpc) is 3.40. The minimum Gasteiger partial charge on any atom is -0.379 e. The van der Waals surface area contributed by atoms with Gasteiger partial charge < -0.3 is 15.2 Å². The van der Waals surface area contributed by atoms with Gasteiger partial charge in [0, 0.05) is 35.0 Å². The highest BCUT2D eigenvalue weighted by molar-refractivity contribution is 6.30. The number of nitrogens with one attached hydrogen (secondary N) is 2. The quantitative estimate of drug-likeness (QED) is 0.590. The number of Topliss-reactive ketones (excluding diaryl/α,β-unsaturated/α-hetero) is 1. The summed E-state index contributed by atoms with van der Waals surface area (Å²) < 4.78 is 5.29. The predicted molar refractivity (Wildman–Crippen MR) is 112 cm³/mol. The molecule has 7 nitrogen and oxygen atoms in total. The predicted octanol–water partition coefficient (Wildman–Crippen LogP) is 3.44. The number of rotatable bonds is 6.